The summed E-state index contributed by atoms with van der Waals surface area (Å²) in [6, 6.07) is 8.12. The molecule has 0 unspecified atom stereocenters. The molecular formula is C16H19NO2. The second-order valence-corrected chi connectivity index (χ2v) is 5.01. The van der Waals surface area contributed by atoms with Gasteiger partial charge in [0.05, 0.1) is 6.54 Å². The first-order valence-electron chi connectivity index (χ1n) is 6.66. The largest absolute Gasteiger partial charge is 0.270 e. The second kappa shape index (κ2) is 5.39. The number of benzene rings is 1. The SMILES string of the molecule is CCCc1ccc(CN2C(=O)C(C)=C(C)C2=O)cc1. The minimum Gasteiger partial charge on any atom is -0.270 e. The zero-order valence-corrected chi connectivity index (χ0v) is 11.7. The van der Waals surface area contributed by atoms with E-state index in [4.69, 9.17) is 0 Å². The average molecular weight is 257 g/mol. The van der Waals surface area contributed by atoms with E-state index in [0.29, 0.717) is 17.7 Å². The molecule has 3 heteroatoms. The van der Waals surface area contributed by atoms with Crippen molar-refractivity contribution in [1.82, 2.24) is 4.90 Å². The molecule has 0 fully saturated rings. The predicted molar refractivity (Wildman–Crippen MR) is 74.4 cm³/mol. The lowest BCUT2D eigenvalue weighted by Gasteiger charge is -2.15. The van der Waals surface area contributed by atoms with Gasteiger partial charge in [-0.3, -0.25) is 14.5 Å². The average Bonchev–Trinajstić information content (AvgIpc) is 2.59. The number of carbonyl (C=O) groups excluding carboxylic acids is 2. The number of amides is 2. The van der Waals surface area contributed by atoms with E-state index in [1.807, 2.05) is 12.1 Å². The molecule has 0 aliphatic carbocycles. The third kappa shape index (κ3) is 2.60. The van der Waals surface area contributed by atoms with Gasteiger partial charge in [-0.1, -0.05) is 37.6 Å². The highest BCUT2D eigenvalue weighted by molar-refractivity contribution is 6.18. The zero-order chi connectivity index (χ0) is 14.0. The highest BCUT2D eigenvalue weighted by atomic mass is 16.2. The Morgan fingerprint density at radius 3 is 1.84 bits per heavy atom. The summed E-state index contributed by atoms with van der Waals surface area (Å²) in [5, 5.41) is 0. The summed E-state index contributed by atoms with van der Waals surface area (Å²) >= 11 is 0. The number of carbonyl (C=O) groups is 2. The molecule has 0 atom stereocenters. The summed E-state index contributed by atoms with van der Waals surface area (Å²) in [5.41, 5.74) is 3.40. The number of hydrogen-bond acceptors (Lipinski definition) is 2. The molecular weight excluding hydrogens is 238 g/mol. The molecule has 1 aromatic rings. The van der Waals surface area contributed by atoms with Gasteiger partial charge >= 0.3 is 0 Å². The van der Waals surface area contributed by atoms with Gasteiger partial charge in [-0.15, -0.1) is 0 Å². The van der Waals surface area contributed by atoms with Gasteiger partial charge in [-0.2, -0.15) is 0 Å². The normalized spacial score (nSPS) is 15.6. The molecule has 0 radical (unpaired) electrons. The van der Waals surface area contributed by atoms with Crippen molar-refractivity contribution in [2.75, 3.05) is 0 Å². The molecule has 0 saturated heterocycles. The summed E-state index contributed by atoms with van der Waals surface area (Å²) in [4.78, 5) is 25.2. The maximum absolute atomic E-state index is 11.9. The van der Waals surface area contributed by atoms with Crippen LogP contribution >= 0.6 is 0 Å². The first kappa shape index (κ1) is 13.5. The minimum atomic E-state index is -0.167. The molecule has 0 aromatic heterocycles. The van der Waals surface area contributed by atoms with Crippen LogP contribution in [0.4, 0.5) is 0 Å². The van der Waals surface area contributed by atoms with E-state index in [2.05, 4.69) is 19.1 Å². The Labute approximate surface area is 113 Å². The van der Waals surface area contributed by atoms with E-state index in [1.165, 1.54) is 10.5 Å². The van der Waals surface area contributed by atoms with Gasteiger partial charge in [-0.25, -0.2) is 0 Å². The first-order valence-corrected chi connectivity index (χ1v) is 6.66. The molecule has 0 N–H and O–H groups in total. The quantitative estimate of drug-likeness (QED) is 0.778. The smallest absolute Gasteiger partial charge is 0.257 e. The Morgan fingerprint density at radius 1 is 0.895 bits per heavy atom. The van der Waals surface area contributed by atoms with Crippen LogP contribution in [0.5, 0.6) is 0 Å². The molecule has 100 valence electrons. The molecule has 1 aliphatic heterocycles. The topological polar surface area (TPSA) is 37.4 Å². The van der Waals surface area contributed by atoms with Crippen LogP contribution < -0.4 is 0 Å². The molecule has 0 saturated carbocycles. The maximum atomic E-state index is 11.9. The van der Waals surface area contributed by atoms with Crippen molar-refractivity contribution < 1.29 is 9.59 Å². The van der Waals surface area contributed by atoms with Gasteiger partial charge in [0, 0.05) is 11.1 Å². The summed E-state index contributed by atoms with van der Waals surface area (Å²) in [6.07, 6.45) is 2.17. The van der Waals surface area contributed by atoms with Crippen molar-refractivity contribution in [3.8, 4) is 0 Å². The number of hydrogen-bond donors (Lipinski definition) is 0. The summed E-state index contributed by atoms with van der Waals surface area (Å²) in [6.45, 7) is 5.92. The molecule has 2 amide bonds. The standard InChI is InChI=1S/C16H19NO2/c1-4-5-13-6-8-14(9-7-13)10-17-15(18)11(2)12(3)16(17)19/h6-9H,4-5,10H2,1-3H3. The Morgan fingerprint density at radius 2 is 1.37 bits per heavy atom. The Hall–Kier alpha value is -1.90. The van der Waals surface area contributed by atoms with Crippen molar-refractivity contribution in [1.29, 1.82) is 0 Å². The molecule has 2 rings (SSSR count). The summed E-state index contributed by atoms with van der Waals surface area (Å²) in [7, 11) is 0. The molecule has 1 aliphatic rings. The van der Waals surface area contributed by atoms with Crippen molar-refractivity contribution in [2.45, 2.75) is 40.2 Å². The third-order valence-electron chi connectivity index (χ3n) is 3.60. The van der Waals surface area contributed by atoms with E-state index < -0.39 is 0 Å². The number of imide groups is 1. The monoisotopic (exact) mass is 257 g/mol. The van der Waals surface area contributed by atoms with Gasteiger partial charge in [0.2, 0.25) is 0 Å². The molecule has 1 heterocycles. The van der Waals surface area contributed by atoms with Gasteiger partial charge in [0.15, 0.2) is 0 Å². The predicted octanol–water partition coefficient (Wildman–Crippen LogP) is 2.84. The van der Waals surface area contributed by atoms with Crippen LogP contribution in [0.25, 0.3) is 0 Å². The van der Waals surface area contributed by atoms with Crippen molar-refractivity contribution in [2.24, 2.45) is 0 Å². The fraction of sp³-hybridized carbons (Fsp3) is 0.375. The van der Waals surface area contributed by atoms with Crippen molar-refractivity contribution in [3.05, 3.63) is 46.5 Å². The first-order chi connectivity index (χ1) is 9.04. The molecule has 0 spiro atoms. The lowest BCUT2D eigenvalue weighted by atomic mass is 10.1. The van der Waals surface area contributed by atoms with Crippen LogP contribution in [0.2, 0.25) is 0 Å². The minimum absolute atomic E-state index is 0.167. The van der Waals surface area contributed by atoms with Gasteiger partial charge in [0.25, 0.3) is 11.8 Å². The van der Waals surface area contributed by atoms with Gasteiger partial charge in [-0.05, 0) is 31.4 Å². The van der Waals surface area contributed by atoms with Crippen LogP contribution in [0, 0.1) is 0 Å². The van der Waals surface area contributed by atoms with Crippen molar-refractivity contribution >= 4 is 11.8 Å². The molecule has 0 bridgehead atoms. The second-order valence-electron chi connectivity index (χ2n) is 5.01. The highest BCUT2D eigenvalue weighted by Gasteiger charge is 2.32. The van der Waals surface area contributed by atoms with E-state index in [0.717, 1.165) is 18.4 Å². The van der Waals surface area contributed by atoms with E-state index in [1.54, 1.807) is 13.8 Å². The van der Waals surface area contributed by atoms with Crippen LogP contribution in [-0.4, -0.2) is 16.7 Å². The number of nitrogens with zero attached hydrogens (tertiary/aromatic N) is 1. The number of rotatable bonds is 4. The summed E-state index contributed by atoms with van der Waals surface area (Å²) in [5.74, 6) is -0.333. The highest BCUT2D eigenvalue weighted by Crippen LogP contribution is 2.22. The van der Waals surface area contributed by atoms with E-state index in [9.17, 15) is 9.59 Å². The molecule has 1 aromatic carbocycles. The maximum Gasteiger partial charge on any atom is 0.257 e. The Bertz CT molecular complexity index is 516. The van der Waals surface area contributed by atoms with Crippen LogP contribution in [0.15, 0.2) is 35.4 Å². The van der Waals surface area contributed by atoms with Crippen LogP contribution in [0.1, 0.15) is 38.3 Å². The lowest BCUT2D eigenvalue weighted by Crippen LogP contribution is -2.30. The van der Waals surface area contributed by atoms with Gasteiger partial charge in [0.1, 0.15) is 0 Å². The van der Waals surface area contributed by atoms with Crippen LogP contribution in [0.3, 0.4) is 0 Å². The number of aryl methyl sites for hydroxylation is 1. The summed E-state index contributed by atoms with van der Waals surface area (Å²) < 4.78 is 0. The van der Waals surface area contributed by atoms with E-state index >= 15 is 0 Å². The zero-order valence-electron chi connectivity index (χ0n) is 11.7. The van der Waals surface area contributed by atoms with Crippen LogP contribution in [-0.2, 0) is 22.6 Å². The Balaban J connectivity index is 2.10. The van der Waals surface area contributed by atoms with E-state index in [-0.39, 0.29) is 11.8 Å². The third-order valence-corrected chi connectivity index (χ3v) is 3.60. The van der Waals surface area contributed by atoms with Gasteiger partial charge < -0.3 is 0 Å². The molecule has 3 nitrogen and oxygen atoms in total. The van der Waals surface area contributed by atoms with Crippen molar-refractivity contribution in [3.63, 3.8) is 0 Å². The fourth-order valence-corrected chi connectivity index (χ4v) is 2.24. The fourth-order valence-electron chi connectivity index (χ4n) is 2.24. The lowest BCUT2D eigenvalue weighted by molar-refractivity contribution is -0.138. The Kier molecular flexibility index (Phi) is 3.84. The molecule has 19 heavy (non-hydrogen) atoms.